The van der Waals surface area contributed by atoms with E-state index in [1.165, 1.54) is 31.2 Å². The number of carboxylic acids is 1. The zero-order valence-electron chi connectivity index (χ0n) is 63.7. The normalized spacial score (nSPS) is 23.0. The van der Waals surface area contributed by atoms with Gasteiger partial charge in [0.25, 0.3) is 0 Å². The summed E-state index contributed by atoms with van der Waals surface area (Å²) in [4.78, 5) is 198. The summed E-state index contributed by atoms with van der Waals surface area (Å²) >= 11 is 1.46. The number of carboxylic acid groups (broad SMARTS) is 1. The van der Waals surface area contributed by atoms with Gasteiger partial charge >= 0.3 is 5.97 Å². The van der Waals surface area contributed by atoms with E-state index in [9.17, 15) is 67.1 Å². The maximum absolute atomic E-state index is 14.8. The van der Waals surface area contributed by atoms with Gasteiger partial charge in [-0.1, -0.05) is 66.7 Å². The number of thioether (sulfide) groups is 1. The molecule has 2 heterocycles. The number of hydrogen-bond acceptors (Lipinski definition) is 18. The lowest BCUT2D eigenvalue weighted by Gasteiger charge is -2.60. The number of aromatic amines is 2. The average molecular weight is 1530 g/mol. The largest absolute Gasteiger partial charge is 0.480 e. The number of amides is 12. The Balaban J connectivity index is 0.935. The Morgan fingerprint density at radius 2 is 1.30 bits per heavy atom. The smallest absolute Gasteiger partial charge is 0.317 e. The van der Waals surface area contributed by atoms with Gasteiger partial charge in [-0.05, 0) is 154 Å². The molecule has 16 atom stereocenters. The van der Waals surface area contributed by atoms with Crippen LogP contribution in [-0.2, 0) is 80.0 Å². The molecule has 1 aromatic carbocycles. The summed E-state index contributed by atoms with van der Waals surface area (Å²) in [6.07, 6.45) is 12.9. The fourth-order valence-corrected chi connectivity index (χ4v) is 17.3. The molecule has 4 fully saturated rings. The first kappa shape index (κ1) is 86.3. The summed E-state index contributed by atoms with van der Waals surface area (Å²) in [5.74, 6) is -7.93. The van der Waals surface area contributed by atoms with Crippen molar-refractivity contribution in [2.75, 3.05) is 51.3 Å². The Kier molecular flexibility index (Phi) is 32.3. The van der Waals surface area contributed by atoms with Gasteiger partial charge in [-0.15, -0.1) is 0 Å². The maximum Gasteiger partial charge on any atom is 0.317 e. The van der Waals surface area contributed by atoms with Crippen LogP contribution in [0, 0.1) is 58.2 Å². The summed E-state index contributed by atoms with van der Waals surface area (Å²) in [6, 6.07) is -1.50. The number of aromatic nitrogens is 3. The number of rotatable bonds is 43. The third kappa shape index (κ3) is 24.0. The molecular formula is C75H115N17O15S. The predicted octanol–water partition coefficient (Wildman–Crippen LogP) is 0.531. The first-order valence-electron chi connectivity index (χ1n) is 37.9. The minimum absolute atomic E-state index is 0.00719. The standard InChI is InChI=1S/C75H115N17O15S/c1-40(2)28-56(71(105)89-54(67(77)101)23-27-108-9)90-72(106)58(31-47-34-80-39-84-47)88-64(98)37-83-73(107)66(41(3)4)92-68(102)43(6)85-70(104)57(29-44-33-81-53-13-11-10-12-48(44)53)91-69(103)55(19-20-60(76)94)87-61(95)21-14-42(5)50-17-18-51-49-16-15-45-30-46(22-24-74(45,7)52(49)32-59(93)75(50,51)8)86-63(97)36-82-62(96)35-78-25-26-79-38-65(99)100/h10-13,33-34,39-43,45-46,49-52,54-58,66,78-79,81H,14-32,35-38H2,1-9H3,(H2,76,94)(H2,77,101)(H,80,84)(H,82,96)(H,83,107)(H,85,104)(H,86,97)(H,87,95)(H,88,98)(H,89,105)(H,90,106)(H,91,103)(H,92,102)(H,99,100)/t42-,43?,45?,46?,49?,50?,51?,52?,54+,55?,56?,57+,58+,66?,74?,75?/m1/s1. The average Bonchev–Trinajstić information content (AvgIpc) is 1.38. The van der Waals surface area contributed by atoms with Crippen LogP contribution in [0.1, 0.15) is 157 Å². The lowest BCUT2D eigenvalue weighted by atomic mass is 9.44. The number of Topliss-reactive ketones (excluding diaryl/α,β-unsaturated/α-hetero) is 1. The number of aliphatic carboxylic acids is 1. The van der Waals surface area contributed by atoms with Crippen molar-refractivity contribution in [2.24, 2.45) is 69.6 Å². The SMILES string of the molecule is CSCC[C@H](NC(=O)C(CC(C)C)NC(=O)[C@H](Cc1cnc[nH]1)NC(=O)CNC(=O)C(NC(=O)C(C)NC(=O)[C@H](Cc1c[nH]c2ccccc12)NC(=O)C(CCC(N)=O)NC(=O)CC[C@@H](C)C1CCC2C3CCC4CC(NC(=O)CNC(=O)CNCCNCC(=O)O)CCC4(C)C3CC(=O)C21C)C(C)C)C(N)=O. The van der Waals surface area contributed by atoms with Gasteiger partial charge in [0.15, 0.2) is 0 Å². The van der Waals surface area contributed by atoms with Crippen LogP contribution >= 0.6 is 11.8 Å². The number of benzene rings is 1. The van der Waals surface area contributed by atoms with E-state index < -0.39 is 125 Å². The second kappa shape index (κ2) is 40.5. The fourth-order valence-electron chi connectivity index (χ4n) is 16.8. The molecule has 0 aliphatic heterocycles. The van der Waals surface area contributed by atoms with E-state index in [1.54, 1.807) is 26.1 Å². The Morgan fingerprint density at radius 1 is 0.639 bits per heavy atom. The number of nitrogens with two attached hydrogens (primary N) is 2. The van der Waals surface area contributed by atoms with E-state index in [1.807, 2.05) is 38.3 Å². The zero-order chi connectivity index (χ0) is 79.2. The highest BCUT2D eigenvalue weighted by molar-refractivity contribution is 7.98. The molecule has 596 valence electrons. The van der Waals surface area contributed by atoms with Crippen molar-refractivity contribution in [3.8, 4) is 0 Å². The molecule has 108 heavy (non-hydrogen) atoms. The third-order valence-corrected chi connectivity index (χ3v) is 23.3. The highest BCUT2D eigenvalue weighted by Crippen LogP contribution is 2.67. The van der Waals surface area contributed by atoms with Crippen molar-refractivity contribution in [1.29, 1.82) is 0 Å². The van der Waals surface area contributed by atoms with Crippen LogP contribution in [0.15, 0.2) is 43.0 Å². The molecule has 2 aromatic heterocycles. The van der Waals surface area contributed by atoms with Crippen LogP contribution in [0.2, 0.25) is 0 Å². The molecule has 0 bridgehead atoms. The minimum atomic E-state index is -1.38. The van der Waals surface area contributed by atoms with E-state index >= 15 is 0 Å². The number of H-pyrrole nitrogens is 2. The summed E-state index contributed by atoms with van der Waals surface area (Å²) < 4.78 is 0. The molecule has 12 unspecified atom stereocenters. The quantitative estimate of drug-likeness (QED) is 0.0344. The van der Waals surface area contributed by atoms with Crippen molar-refractivity contribution >= 4 is 105 Å². The van der Waals surface area contributed by atoms with Crippen molar-refractivity contribution in [3.63, 3.8) is 0 Å². The summed E-state index contributed by atoms with van der Waals surface area (Å²) in [7, 11) is 0. The van der Waals surface area contributed by atoms with Gasteiger partial charge in [-0.2, -0.15) is 11.8 Å². The van der Waals surface area contributed by atoms with Crippen molar-refractivity contribution in [1.82, 2.24) is 78.8 Å². The monoisotopic (exact) mass is 1530 g/mol. The Morgan fingerprint density at radius 3 is 1.97 bits per heavy atom. The molecule has 7 rings (SSSR count). The lowest BCUT2D eigenvalue weighted by Crippen LogP contribution is -2.59. The number of fused-ring (bicyclic) bond motifs is 6. The van der Waals surface area contributed by atoms with E-state index in [4.69, 9.17) is 16.6 Å². The molecule has 0 saturated heterocycles. The summed E-state index contributed by atoms with van der Waals surface area (Å²) in [6.45, 7) is 14.6. The number of ketones is 1. The number of imidazole rings is 1. The fraction of sp³-hybridized carbons (Fsp3) is 0.667. The molecule has 12 amide bonds. The van der Waals surface area contributed by atoms with Gasteiger partial charge in [0.1, 0.15) is 48.1 Å². The Hall–Kier alpha value is -8.98. The van der Waals surface area contributed by atoms with Crippen LogP contribution < -0.4 is 75.3 Å². The van der Waals surface area contributed by atoms with Crippen LogP contribution in [0.5, 0.6) is 0 Å². The third-order valence-electron chi connectivity index (χ3n) is 22.7. The summed E-state index contributed by atoms with van der Waals surface area (Å²) in [5.41, 5.74) is 12.3. The lowest BCUT2D eigenvalue weighted by molar-refractivity contribution is -0.158. The molecule has 4 aliphatic carbocycles. The second-order valence-electron chi connectivity index (χ2n) is 31.1. The Bertz CT molecular complexity index is 3670. The van der Waals surface area contributed by atoms with Gasteiger partial charge in [0.2, 0.25) is 70.9 Å². The van der Waals surface area contributed by atoms with E-state index in [0.717, 1.165) is 55.8 Å². The van der Waals surface area contributed by atoms with Crippen LogP contribution in [-0.4, -0.2) is 202 Å². The van der Waals surface area contributed by atoms with Crippen molar-refractivity contribution < 1.29 is 72.2 Å². The number of para-hydroxylation sites is 1. The number of primary amides is 2. The van der Waals surface area contributed by atoms with Gasteiger partial charge in [-0.3, -0.25) is 67.1 Å². The zero-order valence-corrected chi connectivity index (χ0v) is 64.5. The van der Waals surface area contributed by atoms with Gasteiger partial charge < -0.3 is 90.3 Å². The predicted molar refractivity (Wildman–Crippen MR) is 404 cm³/mol. The molecular weight excluding hydrogens is 1410 g/mol. The molecule has 0 spiro atoms. The summed E-state index contributed by atoms with van der Waals surface area (Å²) in [5, 5.41) is 42.3. The second-order valence-corrected chi connectivity index (χ2v) is 32.1. The topological polar surface area (TPSA) is 500 Å². The number of carbonyl (C=O) groups excluding carboxylic acids is 13. The highest BCUT2D eigenvalue weighted by atomic mass is 32.2. The molecule has 4 saturated carbocycles. The Labute approximate surface area is 635 Å². The van der Waals surface area contributed by atoms with Crippen LogP contribution in [0.3, 0.4) is 0 Å². The van der Waals surface area contributed by atoms with Crippen molar-refractivity contribution in [3.05, 3.63) is 54.2 Å². The molecule has 4 aliphatic rings. The van der Waals surface area contributed by atoms with Gasteiger partial charge in [0.05, 0.1) is 32.5 Å². The van der Waals surface area contributed by atoms with E-state index in [-0.39, 0.29) is 123 Å². The van der Waals surface area contributed by atoms with Crippen LogP contribution in [0.25, 0.3) is 10.9 Å². The molecule has 19 N–H and O–H groups in total. The number of nitrogens with one attached hydrogen (secondary N) is 14. The molecule has 32 nitrogen and oxygen atoms in total. The first-order valence-corrected chi connectivity index (χ1v) is 39.3. The van der Waals surface area contributed by atoms with E-state index in [2.05, 4.69) is 99.5 Å². The molecule has 3 aromatic rings. The highest BCUT2D eigenvalue weighted by Gasteiger charge is 2.64. The van der Waals surface area contributed by atoms with Gasteiger partial charge in [0, 0.05) is 85.6 Å². The van der Waals surface area contributed by atoms with Crippen molar-refractivity contribution in [2.45, 2.75) is 206 Å². The van der Waals surface area contributed by atoms with Gasteiger partial charge in [-0.25, -0.2) is 4.98 Å². The number of nitrogens with zero attached hydrogens (tertiary/aromatic N) is 1. The van der Waals surface area contributed by atoms with Crippen LogP contribution in [0.4, 0.5) is 0 Å². The van der Waals surface area contributed by atoms with E-state index in [0.29, 0.717) is 54.8 Å². The maximum atomic E-state index is 14.8. The minimum Gasteiger partial charge on any atom is -0.480 e. The number of hydrogen-bond donors (Lipinski definition) is 17. The molecule has 0 radical (unpaired) electrons. The molecule has 33 heteroatoms. The first-order chi connectivity index (χ1) is 51.2. The number of carbonyl (C=O) groups is 14.